The molecule has 0 unspecified atom stereocenters. The average molecular weight is 474 g/mol. The zero-order valence-electron chi connectivity index (χ0n) is 15.3. The van der Waals surface area contributed by atoms with Crippen molar-refractivity contribution >= 4 is 41.5 Å². The Morgan fingerprint density at radius 1 is 1.23 bits per heavy atom. The first-order chi connectivity index (χ1) is 12.1. The van der Waals surface area contributed by atoms with Crippen molar-refractivity contribution in [2.24, 2.45) is 10.4 Å². The summed E-state index contributed by atoms with van der Waals surface area (Å²) in [5.41, 5.74) is 1.05. The molecule has 2 N–H and O–H groups in total. The van der Waals surface area contributed by atoms with Crippen LogP contribution in [0.1, 0.15) is 39.0 Å². The van der Waals surface area contributed by atoms with Crippen LogP contribution in [0, 0.1) is 11.2 Å². The van der Waals surface area contributed by atoms with Crippen LogP contribution in [0.4, 0.5) is 10.1 Å². The van der Waals surface area contributed by atoms with E-state index in [1.807, 2.05) is 6.92 Å². The number of guanidine groups is 1. The van der Waals surface area contributed by atoms with E-state index in [0.29, 0.717) is 11.1 Å². The summed E-state index contributed by atoms with van der Waals surface area (Å²) >= 11 is 0. The molecule has 1 amide bonds. The number of nitrogens with zero attached hydrogens (tertiary/aromatic N) is 2. The fourth-order valence-electron chi connectivity index (χ4n) is 3.96. The molecule has 0 aromatic heterocycles. The molecule has 3 rings (SSSR count). The molecule has 144 valence electrons. The molecule has 1 aliphatic carbocycles. The molecule has 1 aromatic rings. The van der Waals surface area contributed by atoms with Crippen LogP contribution < -0.4 is 10.6 Å². The van der Waals surface area contributed by atoms with E-state index in [0.717, 1.165) is 25.6 Å². The molecular weight excluding hydrogens is 446 g/mol. The molecule has 0 atom stereocenters. The third-order valence-corrected chi connectivity index (χ3v) is 5.24. The Labute approximate surface area is 171 Å². The SMILES string of the molecule is CCNC(=NCC(=O)Nc1ccc(F)cc1)N1CCC2(CCCC2)C1.I. The number of halogens is 2. The lowest BCUT2D eigenvalue weighted by atomic mass is 9.86. The maximum Gasteiger partial charge on any atom is 0.246 e. The number of nitrogens with one attached hydrogen (secondary N) is 2. The predicted octanol–water partition coefficient (Wildman–Crippen LogP) is 3.61. The number of anilines is 1. The van der Waals surface area contributed by atoms with Gasteiger partial charge in [-0.3, -0.25) is 4.79 Å². The number of likely N-dealkylation sites (tertiary alicyclic amines) is 1. The average Bonchev–Trinajstić information content (AvgIpc) is 3.24. The number of benzene rings is 1. The summed E-state index contributed by atoms with van der Waals surface area (Å²) in [6.07, 6.45) is 6.52. The smallest absolute Gasteiger partial charge is 0.246 e. The molecule has 26 heavy (non-hydrogen) atoms. The molecule has 1 saturated carbocycles. The largest absolute Gasteiger partial charge is 0.357 e. The highest BCUT2D eigenvalue weighted by molar-refractivity contribution is 14.0. The van der Waals surface area contributed by atoms with Gasteiger partial charge in [0.15, 0.2) is 5.96 Å². The predicted molar refractivity (Wildman–Crippen MR) is 114 cm³/mol. The Morgan fingerprint density at radius 2 is 1.92 bits per heavy atom. The highest BCUT2D eigenvalue weighted by Crippen LogP contribution is 2.45. The molecule has 7 heteroatoms. The van der Waals surface area contributed by atoms with Crippen molar-refractivity contribution in [2.75, 3.05) is 31.5 Å². The molecule has 5 nitrogen and oxygen atoms in total. The molecule has 0 bridgehead atoms. The zero-order chi connectivity index (χ0) is 17.7. The monoisotopic (exact) mass is 474 g/mol. The van der Waals surface area contributed by atoms with Gasteiger partial charge in [0.1, 0.15) is 12.4 Å². The summed E-state index contributed by atoms with van der Waals surface area (Å²) in [6, 6.07) is 5.75. The standard InChI is InChI=1S/C19H27FN4O.HI/c1-2-21-18(24-12-11-19(14-24)9-3-4-10-19)22-13-17(25)23-16-7-5-15(20)6-8-16;/h5-8H,2-4,9-14H2,1H3,(H,21,22)(H,23,25);1H. The lowest BCUT2D eigenvalue weighted by molar-refractivity contribution is -0.114. The first kappa shape index (κ1) is 20.9. The molecule has 2 aliphatic rings. The van der Waals surface area contributed by atoms with E-state index < -0.39 is 0 Å². The van der Waals surface area contributed by atoms with Gasteiger partial charge in [-0.15, -0.1) is 24.0 Å². The maximum absolute atomic E-state index is 12.9. The zero-order valence-corrected chi connectivity index (χ0v) is 17.6. The Kier molecular flexibility index (Phi) is 7.67. The molecule has 2 fully saturated rings. The second kappa shape index (κ2) is 9.53. The number of carbonyl (C=O) groups is 1. The van der Waals surface area contributed by atoms with Gasteiger partial charge >= 0.3 is 0 Å². The number of rotatable bonds is 4. The minimum Gasteiger partial charge on any atom is -0.357 e. The molecular formula is C19H28FIN4O. The van der Waals surface area contributed by atoms with E-state index in [9.17, 15) is 9.18 Å². The second-order valence-electron chi connectivity index (χ2n) is 7.10. The van der Waals surface area contributed by atoms with Crippen molar-refractivity contribution in [3.8, 4) is 0 Å². The van der Waals surface area contributed by atoms with Gasteiger partial charge in [-0.2, -0.15) is 0 Å². The van der Waals surface area contributed by atoms with Gasteiger partial charge in [-0.25, -0.2) is 9.38 Å². The summed E-state index contributed by atoms with van der Waals surface area (Å²) in [5, 5.41) is 6.05. The van der Waals surface area contributed by atoms with Crippen molar-refractivity contribution in [1.29, 1.82) is 0 Å². The second-order valence-corrected chi connectivity index (χ2v) is 7.10. The van der Waals surface area contributed by atoms with E-state index >= 15 is 0 Å². The van der Waals surface area contributed by atoms with E-state index in [1.54, 1.807) is 12.1 Å². The van der Waals surface area contributed by atoms with Gasteiger partial charge in [-0.05, 0) is 55.9 Å². The molecule has 1 aliphatic heterocycles. The van der Waals surface area contributed by atoms with Gasteiger partial charge in [0.2, 0.25) is 5.91 Å². The Morgan fingerprint density at radius 3 is 2.58 bits per heavy atom. The van der Waals surface area contributed by atoms with Crippen LogP contribution in [-0.2, 0) is 4.79 Å². The molecule has 1 heterocycles. The van der Waals surface area contributed by atoms with Crippen LogP contribution in [-0.4, -0.2) is 42.9 Å². The van der Waals surface area contributed by atoms with Gasteiger partial charge in [-0.1, -0.05) is 12.8 Å². The summed E-state index contributed by atoms with van der Waals surface area (Å²) in [6.45, 7) is 4.92. The van der Waals surface area contributed by atoms with Crippen LogP contribution >= 0.6 is 24.0 Å². The van der Waals surface area contributed by atoms with Crippen molar-refractivity contribution < 1.29 is 9.18 Å². The summed E-state index contributed by atoms with van der Waals surface area (Å²) in [7, 11) is 0. The first-order valence-electron chi connectivity index (χ1n) is 9.19. The Balaban J connectivity index is 0.00000243. The van der Waals surface area contributed by atoms with Gasteiger partial charge in [0.25, 0.3) is 0 Å². The van der Waals surface area contributed by atoms with Crippen molar-refractivity contribution in [1.82, 2.24) is 10.2 Å². The van der Waals surface area contributed by atoms with Gasteiger partial charge < -0.3 is 15.5 Å². The number of carbonyl (C=O) groups excluding carboxylic acids is 1. The van der Waals surface area contributed by atoms with Crippen LogP contribution in [0.25, 0.3) is 0 Å². The van der Waals surface area contributed by atoms with E-state index in [-0.39, 0.29) is 42.2 Å². The number of aliphatic imine (C=N–C) groups is 1. The molecule has 1 spiro atoms. The minimum absolute atomic E-state index is 0. The van der Waals surface area contributed by atoms with E-state index in [1.165, 1.54) is 44.2 Å². The fourth-order valence-corrected chi connectivity index (χ4v) is 3.96. The lowest BCUT2D eigenvalue weighted by Crippen LogP contribution is -2.41. The van der Waals surface area contributed by atoms with Crippen LogP contribution in [0.2, 0.25) is 0 Å². The third-order valence-electron chi connectivity index (χ3n) is 5.24. The number of hydrogen-bond acceptors (Lipinski definition) is 2. The molecule has 1 aromatic carbocycles. The topological polar surface area (TPSA) is 56.7 Å². The Bertz CT molecular complexity index is 629. The normalized spacial score (nSPS) is 18.7. The van der Waals surface area contributed by atoms with Crippen molar-refractivity contribution in [3.63, 3.8) is 0 Å². The third kappa shape index (κ3) is 5.31. The molecule has 0 radical (unpaired) electrons. The highest BCUT2D eigenvalue weighted by Gasteiger charge is 2.41. The van der Waals surface area contributed by atoms with Crippen LogP contribution in [0.3, 0.4) is 0 Å². The minimum atomic E-state index is -0.319. The van der Waals surface area contributed by atoms with Gasteiger partial charge in [0.05, 0.1) is 0 Å². The van der Waals surface area contributed by atoms with Gasteiger partial charge in [0, 0.05) is 25.3 Å². The van der Waals surface area contributed by atoms with Crippen molar-refractivity contribution in [3.05, 3.63) is 30.1 Å². The summed E-state index contributed by atoms with van der Waals surface area (Å²) in [4.78, 5) is 18.9. The van der Waals surface area contributed by atoms with E-state index in [2.05, 4.69) is 20.5 Å². The fraction of sp³-hybridized carbons (Fsp3) is 0.579. The quantitative estimate of drug-likeness (QED) is 0.398. The highest BCUT2D eigenvalue weighted by atomic mass is 127. The van der Waals surface area contributed by atoms with Crippen molar-refractivity contribution in [2.45, 2.75) is 39.0 Å². The molecule has 1 saturated heterocycles. The van der Waals surface area contributed by atoms with Crippen LogP contribution in [0.15, 0.2) is 29.3 Å². The summed E-state index contributed by atoms with van der Waals surface area (Å²) in [5.74, 6) is 0.303. The number of amides is 1. The Hall–Kier alpha value is -1.38. The van der Waals surface area contributed by atoms with Crippen LogP contribution in [0.5, 0.6) is 0 Å². The lowest BCUT2D eigenvalue weighted by Gasteiger charge is -2.25. The first-order valence-corrected chi connectivity index (χ1v) is 9.19. The number of hydrogen-bond donors (Lipinski definition) is 2. The van der Waals surface area contributed by atoms with E-state index in [4.69, 9.17) is 0 Å². The summed E-state index contributed by atoms with van der Waals surface area (Å²) < 4.78 is 12.9. The maximum atomic E-state index is 12.9.